The highest BCUT2D eigenvalue weighted by molar-refractivity contribution is 14.1. The van der Waals surface area contributed by atoms with Gasteiger partial charge in [-0.3, -0.25) is 4.98 Å². The summed E-state index contributed by atoms with van der Waals surface area (Å²) in [6, 6.07) is 1.73. The molecule has 0 saturated carbocycles. The molecule has 92 valence electrons. The quantitative estimate of drug-likeness (QED) is 0.600. The molecule has 1 aromatic rings. The van der Waals surface area contributed by atoms with Crippen molar-refractivity contribution in [1.82, 2.24) is 4.98 Å². The lowest BCUT2D eigenvalue weighted by atomic mass is 10.2. The highest BCUT2D eigenvalue weighted by Gasteiger charge is 2.34. The number of ether oxygens (including phenoxy) is 1. The third kappa shape index (κ3) is 3.89. The van der Waals surface area contributed by atoms with Gasteiger partial charge in [0, 0.05) is 11.8 Å². The van der Waals surface area contributed by atoms with Crippen LogP contribution in [0.15, 0.2) is 6.20 Å². The minimum absolute atomic E-state index is 0.0202. The Labute approximate surface area is 114 Å². The molecule has 0 atom stereocenters. The molecule has 1 aromatic heterocycles. The van der Waals surface area contributed by atoms with E-state index in [1.807, 2.05) is 0 Å². The topological polar surface area (TPSA) is 45.9 Å². The summed E-state index contributed by atoms with van der Waals surface area (Å²) in [5, 5.41) is 8.50. The summed E-state index contributed by atoms with van der Waals surface area (Å²) in [6.07, 6.45) is -3.74. The molecule has 0 spiro atoms. The fourth-order valence-electron chi connectivity index (χ4n) is 1.06. The number of hydrogen-bond donors (Lipinski definition) is 0. The van der Waals surface area contributed by atoms with Crippen molar-refractivity contribution in [1.29, 1.82) is 5.26 Å². The summed E-state index contributed by atoms with van der Waals surface area (Å²) < 4.78 is 40.7. The molecule has 3 nitrogen and oxygen atoms in total. The molecule has 0 radical (unpaired) electrons. The number of nitrogens with zero attached hydrogens (tertiary/aromatic N) is 2. The van der Waals surface area contributed by atoms with Gasteiger partial charge < -0.3 is 4.74 Å². The van der Waals surface area contributed by atoms with Gasteiger partial charge in [0.15, 0.2) is 5.75 Å². The average molecular weight is 377 g/mol. The smallest absolute Gasteiger partial charge is 0.403 e. The summed E-state index contributed by atoms with van der Waals surface area (Å²) in [7, 11) is 0. The first-order valence-electron chi connectivity index (χ1n) is 4.24. The third-order valence-corrected chi connectivity index (χ3v) is 3.20. The molecule has 0 fully saturated rings. The van der Waals surface area contributed by atoms with Crippen LogP contribution in [0.5, 0.6) is 5.75 Å². The normalized spacial score (nSPS) is 11.1. The Kier molecular flexibility index (Phi) is 4.82. The van der Waals surface area contributed by atoms with E-state index < -0.39 is 12.1 Å². The van der Waals surface area contributed by atoms with Crippen molar-refractivity contribution in [2.75, 3.05) is 0 Å². The molecule has 1 rings (SSSR count). The molecule has 17 heavy (non-hydrogen) atoms. The lowest BCUT2D eigenvalue weighted by Gasteiger charge is -2.14. The molecular formula is C9H5ClF3IN2O. The van der Waals surface area contributed by atoms with Crippen LogP contribution in [0.4, 0.5) is 13.2 Å². The van der Waals surface area contributed by atoms with E-state index >= 15 is 0 Å². The van der Waals surface area contributed by atoms with Gasteiger partial charge in [-0.1, -0.05) is 0 Å². The number of rotatable bonds is 3. The van der Waals surface area contributed by atoms with E-state index in [2.05, 4.69) is 9.72 Å². The predicted octanol–water partition coefficient (Wildman–Crippen LogP) is 3.39. The van der Waals surface area contributed by atoms with E-state index in [1.54, 1.807) is 28.7 Å². The van der Waals surface area contributed by atoms with Gasteiger partial charge in [0.05, 0.1) is 27.6 Å². The summed E-state index contributed by atoms with van der Waals surface area (Å²) >= 11 is 7.25. The second-order valence-electron chi connectivity index (χ2n) is 2.89. The number of pyridine rings is 1. The molecule has 0 aliphatic rings. The van der Waals surface area contributed by atoms with Crippen molar-refractivity contribution in [3.8, 4) is 11.8 Å². The highest BCUT2D eigenvalue weighted by Crippen LogP contribution is 2.33. The summed E-state index contributed by atoms with van der Waals surface area (Å²) in [4.78, 5) is 3.75. The van der Waals surface area contributed by atoms with E-state index in [1.165, 1.54) is 6.20 Å². The lowest BCUT2D eigenvalue weighted by Crippen LogP contribution is -2.19. The zero-order valence-electron chi connectivity index (χ0n) is 8.18. The standard InChI is InChI=1S/C9H5ClF3IN2O/c10-3-5-4-16-6(1-2-15)8(7(5)14)17-9(11,12)13/h4H,1,3H2. The van der Waals surface area contributed by atoms with Crippen LogP contribution in [0.3, 0.4) is 0 Å². The molecule has 0 amide bonds. The molecule has 8 heteroatoms. The second kappa shape index (κ2) is 5.73. The van der Waals surface area contributed by atoms with Crippen molar-refractivity contribution in [2.45, 2.75) is 18.7 Å². The fourth-order valence-corrected chi connectivity index (χ4v) is 2.24. The number of halogens is 5. The zero-order valence-corrected chi connectivity index (χ0v) is 11.1. The number of aromatic nitrogens is 1. The molecule has 0 saturated heterocycles. The number of alkyl halides is 4. The predicted molar refractivity (Wildman–Crippen MR) is 62.5 cm³/mol. The Bertz CT molecular complexity index is 459. The zero-order chi connectivity index (χ0) is 13.1. The largest absolute Gasteiger partial charge is 0.573 e. The minimum Gasteiger partial charge on any atom is -0.403 e. The molecule has 1 heterocycles. The van der Waals surface area contributed by atoms with Gasteiger partial charge in [-0.25, -0.2) is 0 Å². The van der Waals surface area contributed by atoms with E-state index in [0.717, 1.165) is 0 Å². The maximum Gasteiger partial charge on any atom is 0.573 e. The van der Waals surface area contributed by atoms with Gasteiger partial charge in [-0.15, -0.1) is 24.8 Å². The van der Waals surface area contributed by atoms with Crippen LogP contribution in [0.1, 0.15) is 11.3 Å². The Morgan fingerprint density at radius 2 is 2.18 bits per heavy atom. The van der Waals surface area contributed by atoms with E-state index in [9.17, 15) is 13.2 Å². The van der Waals surface area contributed by atoms with Gasteiger partial charge in [0.1, 0.15) is 0 Å². The molecule has 0 N–H and O–H groups in total. The molecule has 0 aromatic carbocycles. The van der Waals surface area contributed by atoms with E-state index in [4.69, 9.17) is 16.9 Å². The van der Waals surface area contributed by atoms with Crippen molar-refractivity contribution in [3.05, 3.63) is 21.0 Å². The Hall–Kier alpha value is -0.750. The first-order valence-corrected chi connectivity index (χ1v) is 5.85. The monoisotopic (exact) mass is 376 g/mol. The van der Waals surface area contributed by atoms with Gasteiger partial charge in [-0.05, 0) is 22.6 Å². The van der Waals surface area contributed by atoms with Crippen molar-refractivity contribution in [3.63, 3.8) is 0 Å². The molecule has 0 aliphatic carbocycles. The first kappa shape index (κ1) is 14.3. The second-order valence-corrected chi connectivity index (χ2v) is 4.24. The van der Waals surface area contributed by atoms with Crippen LogP contribution in [0, 0.1) is 14.9 Å². The summed E-state index contributed by atoms with van der Waals surface area (Å²) in [5.41, 5.74) is 0.372. The van der Waals surface area contributed by atoms with Gasteiger partial charge in [0.2, 0.25) is 0 Å². The number of nitriles is 1. The maximum atomic E-state index is 12.2. The molecular weight excluding hydrogens is 371 g/mol. The lowest BCUT2D eigenvalue weighted by molar-refractivity contribution is -0.275. The van der Waals surface area contributed by atoms with Crippen LogP contribution in [-0.4, -0.2) is 11.3 Å². The average Bonchev–Trinajstić information content (AvgIpc) is 2.22. The van der Waals surface area contributed by atoms with Gasteiger partial charge in [0.25, 0.3) is 0 Å². The Morgan fingerprint density at radius 1 is 1.53 bits per heavy atom. The summed E-state index contributed by atoms with van der Waals surface area (Å²) in [5.74, 6) is -0.426. The third-order valence-electron chi connectivity index (χ3n) is 1.73. The van der Waals surface area contributed by atoms with Crippen LogP contribution in [-0.2, 0) is 12.3 Å². The molecule has 0 aliphatic heterocycles. The highest BCUT2D eigenvalue weighted by atomic mass is 127. The van der Waals surface area contributed by atoms with Crippen LogP contribution < -0.4 is 4.74 Å². The first-order chi connectivity index (χ1) is 7.89. The van der Waals surface area contributed by atoms with Gasteiger partial charge >= 0.3 is 6.36 Å². The van der Waals surface area contributed by atoms with E-state index in [-0.39, 0.29) is 21.6 Å². The van der Waals surface area contributed by atoms with E-state index in [0.29, 0.717) is 5.56 Å². The fraction of sp³-hybridized carbons (Fsp3) is 0.333. The number of hydrogen-bond acceptors (Lipinski definition) is 3. The molecule has 0 unspecified atom stereocenters. The van der Waals surface area contributed by atoms with Crippen LogP contribution in [0.25, 0.3) is 0 Å². The Morgan fingerprint density at radius 3 is 2.65 bits per heavy atom. The van der Waals surface area contributed by atoms with Crippen molar-refractivity contribution >= 4 is 34.2 Å². The SMILES string of the molecule is N#CCc1ncc(CCl)c(I)c1OC(F)(F)F. The van der Waals surface area contributed by atoms with Crippen LogP contribution in [0.2, 0.25) is 0 Å². The van der Waals surface area contributed by atoms with Crippen LogP contribution >= 0.6 is 34.2 Å². The van der Waals surface area contributed by atoms with Crippen molar-refractivity contribution in [2.24, 2.45) is 0 Å². The molecule has 0 bridgehead atoms. The minimum atomic E-state index is -4.82. The summed E-state index contributed by atoms with van der Waals surface area (Å²) in [6.45, 7) is 0. The van der Waals surface area contributed by atoms with Crippen molar-refractivity contribution < 1.29 is 17.9 Å². The Balaban J connectivity index is 3.25. The maximum absolute atomic E-state index is 12.2. The van der Waals surface area contributed by atoms with Gasteiger partial charge in [-0.2, -0.15) is 5.26 Å².